The van der Waals surface area contributed by atoms with Gasteiger partial charge in [0.15, 0.2) is 0 Å². The number of hydrogen-bond acceptors (Lipinski definition) is 1. The molecule has 0 spiro atoms. The van der Waals surface area contributed by atoms with Gasteiger partial charge in [-0.2, -0.15) is 0 Å². The maximum Gasteiger partial charge on any atom is 0.224 e. The molecule has 2 nitrogen and oxygen atoms in total. The molecule has 2 rings (SSSR count). The largest absolute Gasteiger partial charge is 0.326 e. The molecule has 1 aliphatic carbocycles. The molecule has 1 saturated carbocycles. The number of anilines is 1. The van der Waals surface area contributed by atoms with Crippen LogP contribution in [0.15, 0.2) is 22.7 Å². The fraction of sp³-hybridized carbons (Fsp3) is 0.562. The van der Waals surface area contributed by atoms with Crippen molar-refractivity contribution in [2.24, 2.45) is 5.92 Å². The van der Waals surface area contributed by atoms with Crippen LogP contribution in [0, 0.1) is 12.8 Å². The van der Waals surface area contributed by atoms with E-state index >= 15 is 0 Å². The molecule has 1 N–H and O–H groups in total. The van der Waals surface area contributed by atoms with E-state index < -0.39 is 0 Å². The van der Waals surface area contributed by atoms with Gasteiger partial charge in [0, 0.05) is 16.6 Å². The van der Waals surface area contributed by atoms with E-state index in [1.54, 1.807) is 0 Å². The van der Waals surface area contributed by atoms with Crippen molar-refractivity contribution in [2.75, 3.05) is 5.32 Å². The molecule has 0 atom stereocenters. The highest BCUT2D eigenvalue weighted by molar-refractivity contribution is 9.10. The van der Waals surface area contributed by atoms with E-state index in [0.29, 0.717) is 12.3 Å². The maximum atomic E-state index is 12.1. The van der Waals surface area contributed by atoms with Gasteiger partial charge in [0.05, 0.1) is 0 Å². The highest BCUT2D eigenvalue weighted by Crippen LogP contribution is 2.26. The lowest BCUT2D eigenvalue weighted by Gasteiger charge is -2.14. The van der Waals surface area contributed by atoms with Gasteiger partial charge in [-0.05, 0) is 43.4 Å². The van der Waals surface area contributed by atoms with Crippen LogP contribution in [0.1, 0.15) is 50.5 Å². The molecule has 1 aromatic rings. The fourth-order valence-electron chi connectivity index (χ4n) is 2.76. The van der Waals surface area contributed by atoms with E-state index in [4.69, 9.17) is 0 Å². The molecule has 1 fully saturated rings. The topological polar surface area (TPSA) is 29.1 Å². The van der Waals surface area contributed by atoms with Crippen molar-refractivity contribution in [3.63, 3.8) is 0 Å². The van der Waals surface area contributed by atoms with Crippen LogP contribution in [0.25, 0.3) is 0 Å². The Kier molecular flexibility index (Phi) is 5.44. The number of halogens is 1. The van der Waals surface area contributed by atoms with Gasteiger partial charge >= 0.3 is 0 Å². The molecule has 0 radical (unpaired) electrons. The van der Waals surface area contributed by atoms with Crippen molar-refractivity contribution in [1.82, 2.24) is 0 Å². The summed E-state index contributed by atoms with van der Waals surface area (Å²) in [5.41, 5.74) is 2.03. The maximum absolute atomic E-state index is 12.1. The second kappa shape index (κ2) is 7.09. The Balaban J connectivity index is 1.91. The van der Waals surface area contributed by atoms with Gasteiger partial charge in [-0.1, -0.05) is 47.7 Å². The minimum atomic E-state index is 0.160. The molecule has 0 heterocycles. The number of rotatable bonds is 3. The quantitative estimate of drug-likeness (QED) is 0.774. The highest BCUT2D eigenvalue weighted by Gasteiger charge is 2.16. The van der Waals surface area contributed by atoms with Crippen LogP contribution in [0.4, 0.5) is 5.69 Å². The minimum Gasteiger partial charge on any atom is -0.326 e. The van der Waals surface area contributed by atoms with Crippen LogP contribution in [0.3, 0.4) is 0 Å². The van der Waals surface area contributed by atoms with Crippen molar-refractivity contribution in [2.45, 2.75) is 51.9 Å². The molecule has 0 aliphatic heterocycles. The molecular formula is C16H22BrNO. The molecule has 19 heavy (non-hydrogen) atoms. The SMILES string of the molecule is Cc1ccc(Br)cc1NC(=O)CC1CCCCCC1. The lowest BCUT2D eigenvalue weighted by molar-refractivity contribution is -0.117. The number of benzene rings is 1. The summed E-state index contributed by atoms with van der Waals surface area (Å²) >= 11 is 3.44. The van der Waals surface area contributed by atoms with Gasteiger partial charge in [-0.25, -0.2) is 0 Å². The summed E-state index contributed by atoms with van der Waals surface area (Å²) in [6.45, 7) is 2.02. The third-order valence-corrected chi connectivity index (χ3v) is 4.42. The van der Waals surface area contributed by atoms with Crippen molar-refractivity contribution in [3.8, 4) is 0 Å². The van der Waals surface area contributed by atoms with Gasteiger partial charge in [0.2, 0.25) is 5.91 Å². The molecule has 1 aliphatic rings. The summed E-state index contributed by atoms with van der Waals surface area (Å²) in [7, 11) is 0. The zero-order chi connectivity index (χ0) is 13.7. The van der Waals surface area contributed by atoms with Crippen molar-refractivity contribution >= 4 is 27.5 Å². The first-order valence-corrected chi connectivity index (χ1v) is 8.00. The van der Waals surface area contributed by atoms with Crippen molar-refractivity contribution < 1.29 is 4.79 Å². The van der Waals surface area contributed by atoms with Gasteiger partial charge < -0.3 is 5.32 Å². The van der Waals surface area contributed by atoms with Crippen LogP contribution < -0.4 is 5.32 Å². The van der Waals surface area contributed by atoms with Gasteiger partial charge in [-0.15, -0.1) is 0 Å². The van der Waals surface area contributed by atoms with Gasteiger partial charge in [-0.3, -0.25) is 4.79 Å². The van der Waals surface area contributed by atoms with Gasteiger partial charge in [0.1, 0.15) is 0 Å². The lowest BCUT2D eigenvalue weighted by atomic mass is 9.96. The van der Waals surface area contributed by atoms with Crippen LogP contribution in [0.5, 0.6) is 0 Å². The normalized spacial score (nSPS) is 16.9. The number of hydrogen-bond donors (Lipinski definition) is 1. The Morgan fingerprint density at radius 1 is 1.26 bits per heavy atom. The lowest BCUT2D eigenvalue weighted by Crippen LogP contribution is -2.17. The second-order valence-electron chi connectivity index (χ2n) is 5.57. The molecule has 1 amide bonds. The second-order valence-corrected chi connectivity index (χ2v) is 6.48. The monoisotopic (exact) mass is 323 g/mol. The van der Waals surface area contributed by atoms with E-state index in [2.05, 4.69) is 21.2 Å². The smallest absolute Gasteiger partial charge is 0.224 e. The number of carbonyl (C=O) groups excluding carboxylic acids is 1. The first kappa shape index (κ1) is 14.6. The summed E-state index contributed by atoms with van der Waals surface area (Å²) in [4.78, 5) is 12.1. The molecule has 0 bridgehead atoms. The summed E-state index contributed by atoms with van der Waals surface area (Å²) in [6, 6.07) is 5.99. The molecule has 0 unspecified atom stereocenters. The van der Waals surface area contributed by atoms with E-state index in [-0.39, 0.29) is 5.91 Å². The number of nitrogens with one attached hydrogen (secondary N) is 1. The van der Waals surface area contributed by atoms with Crippen molar-refractivity contribution in [1.29, 1.82) is 0 Å². The zero-order valence-electron chi connectivity index (χ0n) is 11.5. The number of aryl methyl sites for hydroxylation is 1. The summed E-state index contributed by atoms with van der Waals surface area (Å²) < 4.78 is 1.00. The van der Waals surface area contributed by atoms with E-state index in [9.17, 15) is 4.79 Å². The van der Waals surface area contributed by atoms with Gasteiger partial charge in [0.25, 0.3) is 0 Å². The fourth-order valence-corrected chi connectivity index (χ4v) is 3.12. The van der Waals surface area contributed by atoms with Crippen LogP contribution in [-0.2, 0) is 4.79 Å². The highest BCUT2D eigenvalue weighted by atomic mass is 79.9. The summed E-state index contributed by atoms with van der Waals surface area (Å²) in [5.74, 6) is 0.739. The summed E-state index contributed by atoms with van der Waals surface area (Å²) in [5, 5.41) is 3.05. The molecule has 0 aromatic heterocycles. The molecule has 104 valence electrons. The standard InChI is InChI=1S/C16H22BrNO/c1-12-8-9-14(17)11-15(12)18-16(19)10-13-6-4-2-3-5-7-13/h8-9,11,13H,2-7,10H2,1H3,(H,18,19). The Morgan fingerprint density at radius 3 is 2.63 bits per heavy atom. The van der Waals surface area contributed by atoms with E-state index in [1.165, 1.54) is 38.5 Å². The first-order chi connectivity index (χ1) is 9.15. The third-order valence-electron chi connectivity index (χ3n) is 3.92. The summed E-state index contributed by atoms with van der Waals surface area (Å²) in [6.07, 6.45) is 8.34. The average molecular weight is 324 g/mol. The first-order valence-electron chi connectivity index (χ1n) is 7.21. The average Bonchev–Trinajstić information content (AvgIpc) is 2.62. The van der Waals surface area contributed by atoms with E-state index in [1.807, 2.05) is 25.1 Å². The molecule has 1 aromatic carbocycles. The predicted octanol–water partition coefficient (Wildman–Crippen LogP) is 5.06. The Labute approximate surface area is 124 Å². The number of carbonyl (C=O) groups is 1. The molecular weight excluding hydrogens is 302 g/mol. The minimum absolute atomic E-state index is 0.160. The third kappa shape index (κ3) is 4.64. The zero-order valence-corrected chi connectivity index (χ0v) is 13.1. The molecule has 3 heteroatoms. The van der Waals surface area contributed by atoms with Crippen LogP contribution >= 0.6 is 15.9 Å². The van der Waals surface area contributed by atoms with Crippen LogP contribution in [0.2, 0.25) is 0 Å². The van der Waals surface area contributed by atoms with E-state index in [0.717, 1.165) is 15.7 Å². The predicted molar refractivity (Wildman–Crippen MR) is 83.3 cm³/mol. The Hall–Kier alpha value is -0.830. The van der Waals surface area contributed by atoms with Crippen molar-refractivity contribution in [3.05, 3.63) is 28.2 Å². The Bertz CT molecular complexity index is 436. The van der Waals surface area contributed by atoms with Crippen LogP contribution in [-0.4, -0.2) is 5.91 Å². The molecule has 0 saturated heterocycles. The number of amides is 1. The Morgan fingerprint density at radius 2 is 1.95 bits per heavy atom.